The molecule has 0 amide bonds. The molecule has 0 aromatic heterocycles. The van der Waals surface area contributed by atoms with Gasteiger partial charge in [-0.15, -0.1) is 0 Å². The van der Waals surface area contributed by atoms with E-state index in [2.05, 4.69) is 13.8 Å². The molecule has 0 fully saturated rings. The number of hydrogen-bond acceptors (Lipinski definition) is 2. The molecule has 1 rings (SSSR count). The van der Waals surface area contributed by atoms with Gasteiger partial charge in [0.1, 0.15) is 11.6 Å². The van der Waals surface area contributed by atoms with Crippen molar-refractivity contribution in [2.24, 2.45) is 11.7 Å². The zero-order chi connectivity index (χ0) is 12.8. The highest BCUT2D eigenvalue weighted by molar-refractivity contribution is 5.97. The fourth-order valence-electron chi connectivity index (χ4n) is 1.70. The average molecular weight is 234 g/mol. The Morgan fingerprint density at radius 1 is 1.35 bits per heavy atom. The van der Waals surface area contributed by atoms with Gasteiger partial charge in [0.25, 0.3) is 0 Å². The number of hydrogen-bond donors (Lipinski definition) is 2. The molecule has 1 aromatic carbocycles. The fraction of sp³-hybridized carbons (Fsp3) is 0.500. The van der Waals surface area contributed by atoms with Gasteiger partial charge < -0.3 is 10.5 Å². The topological polar surface area (TPSA) is 59.1 Å². The molecule has 0 radical (unpaired) electrons. The van der Waals surface area contributed by atoms with Gasteiger partial charge in [-0.1, -0.05) is 32.8 Å². The van der Waals surface area contributed by atoms with Crippen molar-refractivity contribution in [1.29, 1.82) is 5.41 Å². The van der Waals surface area contributed by atoms with Crippen LogP contribution in [0.2, 0.25) is 0 Å². The van der Waals surface area contributed by atoms with Crippen LogP contribution in [0.25, 0.3) is 0 Å². The number of nitrogens with one attached hydrogen (secondary N) is 1. The van der Waals surface area contributed by atoms with Crippen molar-refractivity contribution in [3.05, 3.63) is 29.3 Å². The molecule has 0 spiro atoms. The minimum Gasteiger partial charge on any atom is -0.493 e. The highest BCUT2D eigenvalue weighted by Gasteiger charge is 2.09. The van der Waals surface area contributed by atoms with E-state index in [1.807, 2.05) is 25.1 Å². The fourth-order valence-corrected chi connectivity index (χ4v) is 1.70. The number of nitrogen functional groups attached to an aromatic ring is 1. The van der Waals surface area contributed by atoms with Crippen LogP contribution in [0.5, 0.6) is 5.75 Å². The van der Waals surface area contributed by atoms with E-state index in [1.165, 1.54) is 0 Å². The van der Waals surface area contributed by atoms with Crippen LogP contribution in [0, 0.1) is 18.3 Å². The van der Waals surface area contributed by atoms with Gasteiger partial charge >= 0.3 is 0 Å². The van der Waals surface area contributed by atoms with Crippen LogP contribution in [0.3, 0.4) is 0 Å². The van der Waals surface area contributed by atoms with Crippen LogP contribution in [-0.4, -0.2) is 12.4 Å². The lowest BCUT2D eigenvalue weighted by Gasteiger charge is -2.16. The predicted octanol–water partition coefficient (Wildman–Crippen LogP) is 3.09. The van der Waals surface area contributed by atoms with Crippen LogP contribution in [0.15, 0.2) is 18.2 Å². The van der Waals surface area contributed by atoms with E-state index in [4.69, 9.17) is 15.9 Å². The second kappa shape index (κ2) is 6.28. The summed E-state index contributed by atoms with van der Waals surface area (Å²) in [5.74, 6) is 1.35. The summed E-state index contributed by atoms with van der Waals surface area (Å²) in [7, 11) is 0. The van der Waals surface area contributed by atoms with Crippen molar-refractivity contribution >= 4 is 5.84 Å². The molecule has 0 saturated heterocycles. The quantitative estimate of drug-likeness (QED) is 0.587. The zero-order valence-electron chi connectivity index (χ0n) is 10.9. The number of amidine groups is 1. The summed E-state index contributed by atoms with van der Waals surface area (Å²) in [6.45, 7) is 7.03. The summed E-state index contributed by atoms with van der Waals surface area (Å²) in [5, 5.41) is 7.52. The summed E-state index contributed by atoms with van der Waals surface area (Å²) in [6.07, 6.45) is 2.22. The highest BCUT2D eigenvalue weighted by Crippen LogP contribution is 2.21. The van der Waals surface area contributed by atoms with Crippen molar-refractivity contribution in [2.45, 2.75) is 33.6 Å². The molecular weight excluding hydrogens is 212 g/mol. The molecule has 17 heavy (non-hydrogen) atoms. The second-order valence-electron chi connectivity index (χ2n) is 4.41. The van der Waals surface area contributed by atoms with E-state index < -0.39 is 0 Å². The van der Waals surface area contributed by atoms with Crippen LogP contribution >= 0.6 is 0 Å². The second-order valence-corrected chi connectivity index (χ2v) is 4.41. The van der Waals surface area contributed by atoms with Gasteiger partial charge in [-0.25, -0.2) is 0 Å². The van der Waals surface area contributed by atoms with E-state index in [1.54, 1.807) is 0 Å². The number of benzene rings is 1. The maximum absolute atomic E-state index is 7.52. The zero-order valence-corrected chi connectivity index (χ0v) is 10.9. The van der Waals surface area contributed by atoms with Gasteiger partial charge in [0.15, 0.2) is 0 Å². The first kappa shape index (κ1) is 13.6. The number of ether oxygens (including phenoxy) is 1. The maximum Gasteiger partial charge on any atom is 0.130 e. The average Bonchev–Trinajstić information content (AvgIpc) is 2.30. The van der Waals surface area contributed by atoms with Crippen molar-refractivity contribution in [3.8, 4) is 5.75 Å². The van der Waals surface area contributed by atoms with Crippen LogP contribution in [-0.2, 0) is 0 Å². The van der Waals surface area contributed by atoms with Gasteiger partial charge in [0.2, 0.25) is 0 Å². The SMILES string of the molecule is CCC(CC)COc1cc(C)ccc1C(=N)N. The van der Waals surface area contributed by atoms with Crippen LogP contribution in [0.4, 0.5) is 0 Å². The normalized spacial score (nSPS) is 10.6. The minimum atomic E-state index is 0.0598. The first-order valence-electron chi connectivity index (χ1n) is 6.16. The van der Waals surface area contributed by atoms with Crippen molar-refractivity contribution in [2.75, 3.05) is 6.61 Å². The van der Waals surface area contributed by atoms with Crippen molar-refractivity contribution in [3.63, 3.8) is 0 Å². The molecule has 94 valence electrons. The molecule has 0 bridgehead atoms. The van der Waals surface area contributed by atoms with E-state index in [0.717, 1.165) is 24.2 Å². The third-order valence-corrected chi connectivity index (χ3v) is 3.06. The molecule has 0 saturated carbocycles. The van der Waals surface area contributed by atoms with E-state index in [0.29, 0.717) is 18.1 Å². The monoisotopic (exact) mass is 234 g/mol. The third kappa shape index (κ3) is 3.77. The Labute approximate surface area is 103 Å². The summed E-state index contributed by atoms with van der Waals surface area (Å²) in [5.41, 5.74) is 7.34. The largest absolute Gasteiger partial charge is 0.493 e. The Hall–Kier alpha value is -1.51. The Bertz CT molecular complexity index is 384. The van der Waals surface area contributed by atoms with Crippen molar-refractivity contribution in [1.82, 2.24) is 0 Å². The smallest absolute Gasteiger partial charge is 0.130 e. The van der Waals surface area contributed by atoms with E-state index in [-0.39, 0.29) is 5.84 Å². The van der Waals surface area contributed by atoms with Gasteiger partial charge in [0, 0.05) is 0 Å². The minimum absolute atomic E-state index is 0.0598. The summed E-state index contributed by atoms with van der Waals surface area (Å²) < 4.78 is 5.80. The van der Waals surface area contributed by atoms with Crippen LogP contribution < -0.4 is 10.5 Å². The Morgan fingerprint density at radius 3 is 2.53 bits per heavy atom. The molecule has 3 heteroatoms. The summed E-state index contributed by atoms with van der Waals surface area (Å²) in [4.78, 5) is 0. The van der Waals surface area contributed by atoms with E-state index in [9.17, 15) is 0 Å². The lowest BCUT2D eigenvalue weighted by atomic mass is 10.1. The molecule has 0 unspecified atom stereocenters. The van der Waals surface area contributed by atoms with Gasteiger partial charge in [0.05, 0.1) is 12.2 Å². The maximum atomic E-state index is 7.52. The molecular formula is C14H22N2O. The van der Waals surface area contributed by atoms with Gasteiger partial charge in [-0.2, -0.15) is 0 Å². The number of nitrogens with two attached hydrogens (primary N) is 1. The Morgan fingerprint density at radius 2 is 2.00 bits per heavy atom. The number of rotatable bonds is 6. The molecule has 0 aliphatic heterocycles. The number of aryl methyl sites for hydroxylation is 1. The molecule has 3 N–H and O–H groups in total. The molecule has 1 aromatic rings. The first-order valence-corrected chi connectivity index (χ1v) is 6.16. The predicted molar refractivity (Wildman–Crippen MR) is 71.8 cm³/mol. The first-order chi connectivity index (χ1) is 8.08. The standard InChI is InChI=1S/C14H22N2O/c1-4-11(5-2)9-17-13-8-10(3)6-7-12(13)14(15)16/h6-8,11H,4-5,9H2,1-3H3,(H3,15,16). The van der Waals surface area contributed by atoms with Gasteiger partial charge in [-0.3, -0.25) is 5.41 Å². The van der Waals surface area contributed by atoms with Crippen LogP contribution in [0.1, 0.15) is 37.8 Å². The highest BCUT2D eigenvalue weighted by atomic mass is 16.5. The van der Waals surface area contributed by atoms with Gasteiger partial charge in [-0.05, 0) is 30.5 Å². The molecule has 0 aliphatic carbocycles. The van der Waals surface area contributed by atoms with Crippen molar-refractivity contribution < 1.29 is 4.74 Å². The van der Waals surface area contributed by atoms with E-state index >= 15 is 0 Å². The molecule has 0 aliphatic rings. The Balaban J connectivity index is 2.81. The summed E-state index contributed by atoms with van der Waals surface area (Å²) >= 11 is 0. The molecule has 3 nitrogen and oxygen atoms in total. The lowest BCUT2D eigenvalue weighted by molar-refractivity contribution is 0.240. The third-order valence-electron chi connectivity index (χ3n) is 3.06. The lowest BCUT2D eigenvalue weighted by Crippen LogP contribution is -2.16. The summed E-state index contributed by atoms with van der Waals surface area (Å²) in [6, 6.07) is 5.74. The molecule has 0 atom stereocenters. The molecule has 0 heterocycles. The Kier molecular flexibility index (Phi) is 5.01.